The molecule has 2 heterocycles. The number of rotatable bonds is 8. The van der Waals surface area contributed by atoms with E-state index in [2.05, 4.69) is 46.1 Å². The lowest BCUT2D eigenvalue weighted by molar-refractivity contribution is -0.123. The molecule has 0 unspecified atom stereocenters. The SMILES string of the molecule is Cc1ccc(CC(=O)C2CCN(CCCCc3cnc[nH]3)CC2)cc1. The summed E-state index contributed by atoms with van der Waals surface area (Å²) in [5.74, 6) is 0.672. The average Bonchev–Trinajstić information content (AvgIpc) is 3.15. The number of nitrogens with zero attached hydrogens (tertiary/aromatic N) is 2. The number of hydrogen-bond acceptors (Lipinski definition) is 3. The van der Waals surface area contributed by atoms with Crippen LogP contribution in [0.25, 0.3) is 0 Å². The summed E-state index contributed by atoms with van der Waals surface area (Å²) in [4.78, 5) is 22.2. The van der Waals surface area contributed by atoms with Crippen LogP contribution in [0.2, 0.25) is 0 Å². The van der Waals surface area contributed by atoms with Gasteiger partial charge in [0.2, 0.25) is 0 Å². The molecule has 0 aliphatic carbocycles. The van der Waals surface area contributed by atoms with Gasteiger partial charge in [0, 0.05) is 24.2 Å². The fraction of sp³-hybridized carbons (Fsp3) is 0.524. The van der Waals surface area contributed by atoms with Crippen molar-refractivity contribution in [2.45, 2.75) is 45.4 Å². The first-order valence-electron chi connectivity index (χ1n) is 9.48. The van der Waals surface area contributed by atoms with Crippen molar-refractivity contribution < 1.29 is 4.79 Å². The quantitative estimate of drug-likeness (QED) is 0.748. The van der Waals surface area contributed by atoms with Crippen LogP contribution >= 0.6 is 0 Å². The van der Waals surface area contributed by atoms with Gasteiger partial charge < -0.3 is 9.88 Å². The maximum Gasteiger partial charge on any atom is 0.140 e. The van der Waals surface area contributed by atoms with Crippen LogP contribution in [0.15, 0.2) is 36.8 Å². The summed E-state index contributed by atoms with van der Waals surface area (Å²) in [7, 11) is 0. The van der Waals surface area contributed by atoms with Gasteiger partial charge in [-0.3, -0.25) is 4.79 Å². The number of aryl methyl sites for hydroxylation is 2. The molecule has 2 aromatic rings. The number of unbranched alkanes of at least 4 members (excludes halogenated alkanes) is 1. The van der Waals surface area contributed by atoms with E-state index in [1.54, 1.807) is 6.33 Å². The van der Waals surface area contributed by atoms with E-state index in [-0.39, 0.29) is 5.92 Å². The van der Waals surface area contributed by atoms with Crippen molar-refractivity contribution in [3.05, 3.63) is 53.6 Å². The highest BCUT2D eigenvalue weighted by Gasteiger charge is 2.24. The van der Waals surface area contributed by atoms with Crippen LogP contribution in [0.3, 0.4) is 0 Å². The van der Waals surface area contributed by atoms with Gasteiger partial charge in [-0.2, -0.15) is 0 Å². The predicted octanol–water partition coefficient (Wildman–Crippen LogP) is 3.56. The monoisotopic (exact) mass is 339 g/mol. The summed E-state index contributed by atoms with van der Waals surface area (Å²) >= 11 is 0. The fourth-order valence-corrected chi connectivity index (χ4v) is 3.60. The van der Waals surface area contributed by atoms with Crippen molar-refractivity contribution in [3.8, 4) is 0 Å². The number of nitrogens with one attached hydrogen (secondary N) is 1. The Morgan fingerprint density at radius 3 is 2.64 bits per heavy atom. The number of Topliss-reactive ketones (excluding diaryl/α,β-unsaturated/α-hetero) is 1. The molecule has 4 nitrogen and oxygen atoms in total. The summed E-state index contributed by atoms with van der Waals surface area (Å²) in [6.07, 6.45) is 9.76. The first-order valence-corrected chi connectivity index (χ1v) is 9.48. The van der Waals surface area contributed by atoms with Crippen LogP contribution < -0.4 is 0 Å². The number of aromatic nitrogens is 2. The van der Waals surface area contributed by atoms with Crippen molar-refractivity contribution in [2.24, 2.45) is 5.92 Å². The third-order valence-corrected chi connectivity index (χ3v) is 5.27. The zero-order chi connectivity index (χ0) is 17.5. The second kappa shape index (κ2) is 8.95. The van der Waals surface area contributed by atoms with E-state index < -0.39 is 0 Å². The molecule has 0 radical (unpaired) electrons. The standard InChI is InChI=1S/C21H29N3O/c1-17-5-7-18(8-6-17)14-21(25)19-9-12-24(13-10-19)11-3-2-4-20-15-22-16-23-20/h5-8,15-16,19H,2-4,9-14H2,1H3,(H,22,23). The molecular weight excluding hydrogens is 310 g/mol. The summed E-state index contributed by atoms with van der Waals surface area (Å²) in [5.41, 5.74) is 3.62. The summed E-state index contributed by atoms with van der Waals surface area (Å²) in [6.45, 7) is 5.35. The molecule has 1 aromatic heterocycles. The molecule has 1 aromatic carbocycles. The smallest absolute Gasteiger partial charge is 0.140 e. The molecule has 134 valence electrons. The molecule has 25 heavy (non-hydrogen) atoms. The third kappa shape index (κ3) is 5.53. The van der Waals surface area contributed by atoms with Gasteiger partial charge in [0.25, 0.3) is 0 Å². The Kier molecular flexibility index (Phi) is 6.40. The minimum absolute atomic E-state index is 0.252. The summed E-state index contributed by atoms with van der Waals surface area (Å²) in [5, 5.41) is 0. The molecule has 0 atom stereocenters. The number of hydrogen-bond donors (Lipinski definition) is 1. The van der Waals surface area contributed by atoms with Gasteiger partial charge >= 0.3 is 0 Å². The molecule has 4 heteroatoms. The highest BCUT2D eigenvalue weighted by molar-refractivity contribution is 5.83. The number of ketones is 1. The van der Waals surface area contributed by atoms with E-state index in [0.717, 1.165) is 44.5 Å². The molecular formula is C21H29N3O. The number of likely N-dealkylation sites (tertiary alicyclic amines) is 1. The van der Waals surface area contributed by atoms with Gasteiger partial charge in [0.15, 0.2) is 0 Å². The van der Waals surface area contributed by atoms with Crippen LogP contribution in [0, 0.1) is 12.8 Å². The number of aromatic amines is 1. The van der Waals surface area contributed by atoms with Gasteiger partial charge in [-0.05, 0) is 64.2 Å². The molecule has 1 N–H and O–H groups in total. The van der Waals surface area contributed by atoms with E-state index in [1.165, 1.54) is 24.1 Å². The second-order valence-electron chi connectivity index (χ2n) is 7.28. The fourth-order valence-electron chi connectivity index (χ4n) is 3.60. The zero-order valence-electron chi connectivity index (χ0n) is 15.2. The largest absolute Gasteiger partial charge is 0.348 e. The Hall–Kier alpha value is -1.94. The van der Waals surface area contributed by atoms with Gasteiger partial charge in [0.1, 0.15) is 5.78 Å². The van der Waals surface area contributed by atoms with Crippen LogP contribution in [0.4, 0.5) is 0 Å². The lowest BCUT2D eigenvalue weighted by Gasteiger charge is -2.31. The third-order valence-electron chi connectivity index (χ3n) is 5.27. The van der Waals surface area contributed by atoms with Crippen LogP contribution in [0.1, 0.15) is 42.5 Å². The molecule has 1 saturated heterocycles. The first-order chi connectivity index (χ1) is 12.2. The van der Waals surface area contributed by atoms with Crippen LogP contribution in [-0.4, -0.2) is 40.3 Å². The minimum Gasteiger partial charge on any atom is -0.348 e. The van der Waals surface area contributed by atoms with Gasteiger partial charge in [-0.25, -0.2) is 4.98 Å². The summed E-state index contributed by atoms with van der Waals surface area (Å²) in [6, 6.07) is 8.35. The molecule has 0 amide bonds. The number of H-pyrrole nitrogens is 1. The molecule has 0 spiro atoms. The lowest BCUT2D eigenvalue weighted by Crippen LogP contribution is -2.37. The van der Waals surface area contributed by atoms with Crippen molar-refractivity contribution in [1.29, 1.82) is 0 Å². The van der Waals surface area contributed by atoms with Gasteiger partial charge in [0.05, 0.1) is 6.33 Å². The Bertz CT molecular complexity index is 640. The van der Waals surface area contributed by atoms with Gasteiger partial charge in [-0.15, -0.1) is 0 Å². The molecule has 1 aliphatic heterocycles. The minimum atomic E-state index is 0.252. The maximum absolute atomic E-state index is 12.5. The highest BCUT2D eigenvalue weighted by atomic mass is 16.1. The Morgan fingerprint density at radius 1 is 1.20 bits per heavy atom. The van der Waals surface area contributed by atoms with E-state index in [4.69, 9.17) is 0 Å². The van der Waals surface area contributed by atoms with E-state index in [1.807, 2.05) is 6.20 Å². The maximum atomic E-state index is 12.5. The summed E-state index contributed by atoms with van der Waals surface area (Å²) < 4.78 is 0. The zero-order valence-corrected chi connectivity index (χ0v) is 15.2. The normalized spacial score (nSPS) is 16.2. The lowest BCUT2D eigenvalue weighted by atomic mass is 9.89. The van der Waals surface area contributed by atoms with Crippen molar-refractivity contribution in [1.82, 2.24) is 14.9 Å². The Balaban J connectivity index is 1.33. The van der Waals surface area contributed by atoms with E-state index in [0.29, 0.717) is 12.2 Å². The number of carbonyl (C=O) groups excluding carboxylic acids is 1. The van der Waals surface area contributed by atoms with E-state index >= 15 is 0 Å². The van der Waals surface area contributed by atoms with Crippen LogP contribution in [0.5, 0.6) is 0 Å². The number of imidazole rings is 1. The number of benzene rings is 1. The average molecular weight is 339 g/mol. The molecule has 3 rings (SSSR count). The number of piperidine rings is 1. The van der Waals surface area contributed by atoms with Gasteiger partial charge in [-0.1, -0.05) is 29.8 Å². The van der Waals surface area contributed by atoms with E-state index in [9.17, 15) is 4.79 Å². The predicted molar refractivity (Wildman–Crippen MR) is 101 cm³/mol. The van der Waals surface area contributed by atoms with Crippen LogP contribution in [-0.2, 0) is 17.6 Å². The Labute approximate surface area is 150 Å². The molecule has 1 aliphatic rings. The first kappa shape index (κ1) is 17.9. The highest BCUT2D eigenvalue weighted by Crippen LogP contribution is 2.20. The molecule has 0 saturated carbocycles. The topological polar surface area (TPSA) is 49.0 Å². The van der Waals surface area contributed by atoms with Crippen molar-refractivity contribution in [2.75, 3.05) is 19.6 Å². The molecule has 0 bridgehead atoms. The van der Waals surface area contributed by atoms with Crippen molar-refractivity contribution in [3.63, 3.8) is 0 Å². The number of carbonyl (C=O) groups is 1. The van der Waals surface area contributed by atoms with Crippen molar-refractivity contribution >= 4 is 5.78 Å². The molecule has 1 fully saturated rings. The second-order valence-corrected chi connectivity index (χ2v) is 7.28. The Morgan fingerprint density at radius 2 is 1.96 bits per heavy atom.